The summed E-state index contributed by atoms with van der Waals surface area (Å²) in [6, 6.07) is 16.9. The molecule has 2 fully saturated rings. The number of unbranched alkanes of at least 4 members (excludes halogenated alkanes) is 1. The number of nitrogens with two attached hydrogens (primary N) is 1. The van der Waals surface area contributed by atoms with Crippen molar-refractivity contribution in [1.29, 1.82) is 0 Å². The van der Waals surface area contributed by atoms with E-state index in [1.807, 2.05) is 0 Å². The van der Waals surface area contributed by atoms with Crippen LogP contribution in [0.5, 0.6) is 0 Å². The largest absolute Gasteiger partial charge is 0.379 e. The van der Waals surface area contributed by atoms with Crippen molar-refractivity contribution in [2.75, 3.05) is 26.3 Å². The van der Waals surface area contributed by atoms with Crippen LogP contribution in [-0.2, 0) is 25.7 Å². The number of benzene rings is 2. The number of carbonyl (C=O) groups excluding carboxylic acids is 2. The summed E-state index contributed by atoms with van der Waals surface area (Å²) in [7, 11) is 0. The molecule has 1 saturated heterocycles. The Labute approximate surface area is 214 Å². The van der Waals surface area contributed by atoms with Crippen LogP contribution in [0.4, 0.5) is 0 Å². The van der Waals surface area contributed by atoms with Gasteiger partial charge in [-0.3, -0.25) is 14.5 Å². The molecule has 4 rings (SSSR count). The summed E-state index contributed by atoms with van der Waals surface area (Å²) in [5.74, 6) is 0.108. The second-order valence-electron chi connectivity index (χ2n) is 9.91. The smallest absolute Gasteiger partial charge is 0.217 e. The molecule has 0 radical (unpaired) electrons. The lowest BCUT2D eigenvalue weighted by Crippen LogP contribution is -2.49. The molecule has 3 atom stereocenters. The number of nitrogens with zero attached hydrogens (tertiary/aromatic N) is 1. The number of ketones is 1. The molecule has 192 valence electrons. The SMILES string of the molecule is Cc1ccc(-c2ccc(CO[C@H]3CC(=O)[C@H](N4CCOCC4)[C@H]3CC=CCCCC(N)=O)cc2)cc1. The quantitative estimate of drug-likeness (QED) is 0.372. The van der Waals surface area contributed by atoms with Crippen LogP contribution in [0, 0.1) is 12.8 Å². The lowest BCUT2D eigenvalue weighted by atomic mass is 9.95. The zero-order valence-electron chi connectivity index (χ0n) is 21.2. The highest BCUT2D eigenvalue weighted by molar-refractivity contribution is 5.87. The highest BCUT2D eigenvalue weighted by atomic mass is 16.5. The van der Waals surface area contributed by atoms with Crippen LogP contribution in [0.15, 0.2) is 60.7 Å². The Kier molecular flexibility index (Phi) is 9.45. The molecule has 2 N–H and O–H groups in total. The molecule has 6 heteroatoms. The maximum absolute atomic E-state index is 13.1. The van der Waals surface area contributed by atoms with Crippen LogP contribution in [0.25, 0.3) is 11.1 Å². The van der Waals surface area contributed by atoms with E-state index < -0.39 is 0 Å². The van der Waals surface area contributed by atoms with Crippen LogP contribution in [0.1, 0.15) is 43.2 Å². The molecular formula is C30H38N2O4. The summed E-state index contributed by atoms with van der Waals surface area (Å²) in [5.41, 5.74) is 9.97. The average molecular weight is 491 g/mol. The first-order valence-corrected chi connectivity index (χ1v) is 13.1. The molecule has 1 amide bonds. The second-order valence-corrected chi connectivity index (χ2v) is 9.91. The van der Waals surface area contributed by atoms with Crippen LogP contribution in [0.2, 0.25) is 0 Å². The van der Waals surface area contributed by atoms with Crippen molar-refractivity contribution < 1.29 is 19.1 Å². The molecule has 0 spiro atoms. The van der Waals surface area contributed by atoms with Crippen molar-refractivity contribution in [3.63, 3.8) is 0 Å². The van der Waals surface area contributed by atoms with Gasteiger partial charge >= 0.3 is 0 Å². The number of carbonyl (C=O) groups is 2. The number of ether oxygens (including phenoxy) is 2. The van der Waals surface area contributed by atoms with Gasteiger partial charge in [0.1, 0.15) is 0 Å². The van der Waals surface area contributed by atoms with Crippen molar-refractivity contribution >= 4 is 11.7 Å². The molecule has 0 bridgehead atoms. The zero-order chi connectivity index (χ0) is 25.3. The maximum atomic E-state index is 13.1. The Morgan fingerprint density at radius 3 is 2.39 bits per heavy atom. The van der Waals surface area contributed by atoms with Gasteiger partial charge < -0.3 is 15.2 Å². The molecule has 2 aromatic rings. The van der Waals surface area contributed by atoms with Gasteiger partial charge in [-0.1, -0.05) is 66.2 Å². The lowest BCUT2D eigenvalue weighted by Gasteiger charge is -2.35. The minimum atomic E-state index is -0.266. The minimum absolute atomic E-state index is 0.106. The predicted octanol–water partition coefficient (Wildman–Crippen LogP) is 4.44. The van der Waals surface area contributed by atoms with E-state index in [1.54, 1.807) is 0 Å². The van der Waals surface area contributed by atoms with E-state index >= 15 is 0 Å². The van der Waals surface area contributed by atoms with Gasteiger partial charge in [-0.15, -0.1) is 0 Å². The molecule has 36 heavy (non-hydrogen) atoms. The molecule has 6 nitrogen and oxygen atoms in total. The molecule has 1 aliphatic carbocycles. The topological polar surface area (TPSA) is 81.9 Å². The zero-order valence-corrected chi connectivity index (χ0v) is 21.2. The number of Topliss-reactive ketones (excluding diaryl/α,β-unsaturated/α-hetero) is 1. The number of hydrogen-bond donors (Lipinski definition) is 1. The van der Waals surface area contributed by atoms with E-state index in [1.165, 1.54) is 16.7 Å². The van der Waals surface area contributed by atoms with Crippen molar-refractivity contribution in [2.24, 2.45) is 11.7 Å². The van der Waals surface area contributed by atoms with E-state index in [0.29, 0.717) is 32.7 Å². The second kappa shape index (κ2) is 12.9. The Hall–Kier alpha value is -2.80. The number of aryl methyl sites for hydroxylation is 1. The Bertz CT molecular complexity index is 1030. The summed E-state index contributed by atoms with van der Waals surface area (Å²) in [6.45, 7) is 5.47. The van der Waals surface area contributed by atoms with E-state index in [4.69, 9.17) is 15.2 Å². The number of rotatable bonds is 11. The average Bonchev–Trinajstić information content (AvgIpc) is 3.20. The van der Waals surface area contributed by atoms with Crippen LogP contribution < -0.4 is 5.73 Å². The summed E-state index contributed by atoms with van der Waals surface area (Å²) in [5, 5.41) is 0. The summed E-state index contributed by atoms with van der Waals surface area (Å²) < 4.78 is 11.9. The number of amides is 1. The van der Waals surface area contributed by atoms with Crippen LogP contribution in [0.3, 0.4) is 0 Å². The normalized spacial score (nSPS) is 22.9. The molecule has 1 aliphatic heterocycles. The van der Waals surface area contributed by atoms with Crippen LogP contribution in [-0.4, -0.2) is 55.0 Å². The third kappa shape index (κ3) is 7.12. The van der Waals surface area contributed by atoms with Gasteiger partial charge in [-0.25, -0.2) is 0 Å². The lowest BCUT2D eigenvalue weighted by molar-refractivity contribution is -0.124. The number of allylic oxidation sites excluding steroid dienone is 2. The molecule has 0 aromatic heterocycles. The van der Waals surface area contributed by atoms with E-state index in [0.717, 1.165) is 37.9 Å². The molecule has 2 aromatic carbocycles. The molecule has 0 unspecified atom stereocenters. The maximum Gasteiger partial charge on any atom is 0.217 e. The summed E-state index contributed by atoms with van der Waals surface area (Å²) in [4.78, 5) is 26.3. The van der Waals surface area contributed by atoms with Gasteiger partial charge in [0.05, 0.1) is 32.0 Å². The first-order chi connectivity index (χ1) is 17.5. The fourth-order valence-electron chi connectivity index (χ4n) is 5.21. The highest BCUT2D eigenvalue weighted by Gasteiger charge is 2.45. The first kappa shape index (κ1) is 26.3. The Morgan fingerprint density at radius 2 is 1.72 bits per heavy atom. The molecular weight excluding hydrogens is 452 g/mol. The fourth-order valence-corrected chi connectivity index (χ4v) is 5.21. The number of primary amides is 1. The number of hydrogen-bond acceptors (Lipinski definition) is 5. The van der Waals surface area contributed by atoms with Gasteiger partial charge in [0.15, 0.2) is 5.78 Å². The summed E-state index contributed by atoms with van der Waals surface area (Å²) in [6.07, 6.45) is 7.32. The monoisotopic (exact) mass is 490 g/mol. The standard InChI is InChI=1S/C30H38N2O4/c1-22-8-12-24(13-9-22)25-14-10-23(11-15-25)21-36-28-20-27(33)30(32-16-18-35-19-17-32)26(28)6-4-2-3-5-7-29(31)34/h2,4,8-15,26,28,30H,3,5-7,16-21H2,1H3,(H2,31,34)/t26-,28-,30+/m0/s1. The minimum Gasteiger partial charge on any atom is -0.379 e. The highest BCUT2D eigenvalue weighted by Crippen LogP contribution is 2.34. The van der Waals surface area contributed by atoms with Gasteiger partial charge in [0.25, 0.3) is 0 Å². The van der Waals surface area contributed by atoms with Gasteiger partial charge in [0, 0.05) is 31.8 Å². The summed E-state index contributed by atoms with van der Waals surface area (Å²) >= 11 is 0. The molecule has 1 heterocycles. The van der Waals surface area contributed by atoms with Crippen molar-refractivity contribution in [2.45, 2.75) is 57.8 Å². The predicted molar refractivity (Wildman–Crippen MR) is 141 cm³/mol. The van der Waals surface area contributed by atoms with E-state index in [9.17, 15) is 9.59 Å². The van der Waals surface area contributed by atoms with E-state index in [-0.39, 0.29) is 29.8 Å². The third-order valence-electron chi connectivity index (χ3n) is 7.23. The van der Waals surface area contributed by atoms with Gasteiger partial charge in [-0.2, -0.15) is 0 Å². The van der Waals surface area contributed by atoms with E-state index in [2.05, 4.69) is 72.5 Å². The van der Waals surface area contributed by atoms with Crippen LogP contribution >= 0.6 is 0 Å². The number of morpholine rings is 1. The van der Waals surface area contributed by atoms with Crippen molar-refractivity contribution in [1.82, 2.24) is 4.90 Å². The molecule has 2 aliphatic rings. The van der Waals surface area contributed by atoms with Gasteiger partial charge in [-0.05, 0) is 42.9 Å². The fraction of sp³-hybridized carbons (Fsp3) is 0.467. The van der Waals surface area contributed by atoms with Crippen molar-refractivity contribution in [3.05, 3.63) is 71.8 Å². The van der Waals surface area contributed by atoms with Crippen molar-refractivity contribution in [3.8, 4) is 11.1 Å². The van der Waals surface area contributed by atoms with Gasteiger partial charge in [0.2, 0.25) is 5.91 Å². The third-order valence-corrected chi connectivity index (χ3v) is 7.23. The Morgan fingerprint density at radius 1 is 1.06 bits per heavy atom. The first-order valence-electron chi connectivity index (χ1n) is 13.1. The molecule has 1 saturated carbocycles. The Balaban J connectivity index is 1.38.